The van der Waals surface area contributed by atoms with E-state index in [0.29, 0.717) is 6.42 Å². The van der Waals surface area contributed by atoms with E-state index >= 15 is 0 Å². The van der Waals surface area contributed by atoms with Crippen molar-refractivity contribution in [2.24, 2.45) is 5.41 Å². The van der Waals surface area contributed by atoms with Crippen LogP contribution in [0.2, 0.25) is 0 Å². The maximum absolute atomic E-state index is 12.4. The number of methoxy groups -OCH3 is 1. The minimum atomic E-state index is -1.04. The van der Waals surface area contributed by atoms with Gasteiger partial charge in [0.25, 0.3) is 0 Å². The second-order valence-electron chi connectivity index (χ2n) is 6.82. The smallest absolute Gasteiger partial charge is 0.315 e. The Labute approximate surface area is 137 Å². The van der Waals surface area contributed by atoms with Gasteiger partial charge in [0.05, 0.1) is 7.11 Å². The molecule has 0 aliphatic heterocycles. The summed E-state index contributed by atoms with van der Waals surface area (Å²) in [6, 6.07) is 17.1. The zero-order valence-electron chi connectivity index (χ0n) is 14.2. The summed E-state index contributed by atoms with van der Waals surface area (Å²) in [7, 11) is 1.61. The fourth-order valence-electron chi connectivity index (χ4n) is 3.18. The third-order valence-electron chi connectivity index (χ3n) is 4.56. The normalized spacial score (nSPS) is 14.1. The molecule has 0 spiro atoms. The fourth-order valence-corrected chi connectivity index (χ4v) is 3.18. The molecule has 0 fully saturated rings. The summed E-state index contributed by atoms with van der Waals surface area (Å²) in [5, 5.41) is 10.2. The lowest BCUT2D eigenvalue weighted by Gasteiger charge is -2.42. The Balaban J connectivity index is 2.65. The molecule has 3 heteroatoms. The van der Waals surface area contributed by atoms with Crippen LogP contribution in [-0.2, 0) is 16.6 Å². The van der Waals surface area contributed by atoms with Crippen molar-refractivity contribution in [3.05, 3.63) is 65.7 Å². The number of para-hydroxylation sites is 1. The average molecular weight is 312 g/mol. The van der Waals surface area contributed by atoms with Gasteiger partial charge in [0.1, 0.15) is 11.2 Å². The van der Waals surface area contributed by atoms with Crippen LogP contribution in [-0.4, -0.2) is 18.2 Å². The monoisotopic (exact) mass is 312 g/mol. The van der Waals surface area contributed by atoms with Crippen molar-refractivity contribution in [2.45, 2.75) is 32.6 Å². The summed E-state index contributed by atoms with van der Waals surface area (Å²) in [5.74, 6) is -0.0968. The molecule has 23 heavy (non-hydrogen) atoms. The first kappa shape index (κ1) is 17.1. The van der Waals surface area contributed by atoms with Gasteiger partial charge < -0.3 is 9.84 Å². The number of aliphatic carboxylic acids is 1. The molecule has 0 saturated heterocycles. The number of hydrogen-bond acceptors (Lipinski definition) is 2. The van der Waals surface area contributed by atoms with E-state index in [-0.39, 0.29) is 0 Å². The molecule has 0 amide bonds. The second kappa shape index (κ2) is 6.45. The zero-order chi connectivity index (χ0) is 17.1. The largest absolute Gasteiger partial charge is 0.496 e. The van der Waals surface area contributed by atoms with E-state index in [4.69, 9.17) is 4.74 Å². The zero-order valence-corrected chi connectivity index (χ0v) is 14.2. The molecule has 0 heterocycles. The van der Waals surface area contributed by atoms with E-state index in [1.165, 1.54) is 0 Å². The van der Waals surface area contributed by atoms with Crippen molar-refractivity contribution >= 4 is 5.97 Å². The van der Waals surface area contributed by atoms with Crippen LogP contribution in [0.3, 0.4) is 0 Å². The van der Waals surface area contributed by atoms with E-state index in [1.807, 2.05) is 75.4 Å². The Hall–Kier alpha value is -2.29. The molecule has 0 aromatic heterocycles. The molecule has 1 atom stereocenters. The van der Waals surface area contributed by atoms with Crippen LogP contribution in [0.5, 0.6) is 5.75 Å². The molecule has 1 unspecified atom stereocenters. The van der Waals surface area contributed by atoms with Gasteiger partial charge in [-0.3, -0.25) is 4.79 Å². The van der Waals surface area contributed by atoms with Gasteiger partial charge in [-0.2, -0.15) is 0 Å². The van der Waals surface area contributed by atoms with Crippen LogP contribution in [0.25, 0.3) is 0 Å². The molecule has 2 rings (SSSR count). The molecule has 0 saturated carbocycles. The summed E-state index contributed by atoms with van der Waals surface area (Å²) < 4.78 is 5.43. The minimum absolute atomic E-state index is 0.375. The van der Waals surface area contributed by atoms with Crippen molar-refractivity contribution in [1.29, 1.82) is 0 Å². The number of benzene rings is 2. The summed E-state index contributed by atoms with van der Waals surface area (Å²) >= 11 is 0. The quantitative estimate of drug-likeness (QED) is 0.895. The van der Waals surface area contributed by atoms with Crippen molar-refractivity contribution in [2.75, 3.05) is 7.11 Å². The molecule has 1 N–H and O–H groups in total. The van der Waals surface area contributed by atoms with Gasteiger partial charge in [-0.25, -0.2) is 0 Å². The SMILES string of the molecule is COc1ccccc1CC(C(=O)O)(c1ccccc1)C(C)(C)C. The maximum Gasteiger partial charge on any atom is 0.315 e. The van der Waals surface area contributed by atoms with Crippen LogP contribution >= 0.6 is 0 Å². The Bertz CT molecular complexity index is 671. The summed E-state index contributed by atoms with van der Waals surface area (Å²) in [6.07, 6.45) is 0.375. The number of carbonyl (C=O) groups is 1. The molecule has 2 aromatic rings. The highest BCUT2D eigenvalue weighted by atomic mass is 16.5. The molecule has 2 aromatic carbocycles. The molecule has 0 bridgehead atoms. The lowest BCUT2D eigenvalue weighted by atomic mass is 9.60. The topological polar surface area (TPSA) is 46.5 Å². The third kappa shape index (κ3) is 3.09. The van der Waals surface area contributed by atoms with Crippen LogP contribution < -0.4 is 4.74 Å². The van der Waals surface area contributed by atoms with Crippen molar-refractivity contribution in [1.82, 2.24) is 0 Å². The average Bonchev–Trinajstić information content (AvgIpc) is 2.52. The lowest BCUT2D eigenvalue weighted by Crippen LogP contribution is -2.49. The van der Waals surface area contributed by atoms with Gasteiger partial charge in [0.2, 0.25) is 0 Å². The molecular weight excluding hydrogens is 288 g/mol. The molecule has 0 radical (unpaired) electrons. The lowest BCUT2D eigenvalue weighted by molar-refractivity contribution is -0.148. The van der Waals surface area contributed by atoms with Gasteiger partial charge in [0.15, 0.2) is 0 Å². The van der Waals surface area contributed by atoms with Crippen LogP contribution in [0, 0.1) is 5.41 Å². The second-order valence-corrected chi connectivity index (χ2v) is 6.82. The van der Waals surface area contributed by atoms with Gasteiger partial charge >= 0.3 is 5.97 Å². The third-order valence-corrected chi connectivity index (χ3v) is 4.56. The summed E-state index contributed by atoms with van der Waals surface area (Å²) in [4.78, 5) is 12.4. The molecule has 3 nitrogen and oxygen atoms in total. The van der Waals surface area contributed by atoms with Crippen LogP contribution in [0.1, 0.15) is 31.9 Å². The first-order chi connectivity index (χ1) is 10.8. The van der Waals surface area contributed by atoms with Crippen LogP contribution in [0.4, 0.5) is 0 Å². The first-order valence-electron chi connectivity index (χ1n) is 7.74. The Morgan fingerprint density at radius 2 is 1.57 bits per heavy atom. The highest BCUT2D eigenvalue weighted by Gasteiger charge is 2.50. The minimum Gasteiger partial charge on any atom is -0.496 e. The highest BCUT2D eigenvalue weighted by Crippen LogP contribution is 2.45. The number of hydrogen-bond donors (Lipinski definition) is 1. The van der Waals surface area contributed by atoms with E-state index in [1.54, 1.807) is 7.11 Å². The first-order valence-corrected chi connectivity index (χ1v) is 7.74. The van der Waals surface area contributed by atoms with E-state index in [0.717, 1.165) is 16.9 Å². The summed E-state index contributed by atoms with van der Waals surface area (Å²) in [6.45, 7) is 5.93. The molecule has 0 aliphatic carbocycles. The van der Waals surface area contributed by atoms with Crippen LogP contribution in [0.15, 0.2) is 54.6 Å². The maximum atomic E-state index is 12.4. The van der Waals surface area contributed by atoms with Gasteiger partial charge in [-0.05, 0) is 29.0 Å². The van der Waals surface area contributed by atoms with E-state index in [9.17, 15) is 9.90 Å². The van der Waals surface area contributed by atoms with Gasteiger partial charge in [-0.1, -0.05) is 69.3 Å². The predicted molar refractivity (Wildman–Crippen MR) is 91.9 cm³/mol. The van der Waals surface area contributed by atoms with Crippen molar-refractivity contribution in [3.63, 3.8) is 0 Å². The summed E-state index contributed by atoms with van der Waals surface area (Å²) in [5.41, 5.74) is 0.200. The number of carboxylic acids is 1. The van der Waals surface area contributed by atoms with E-state index in [2.05, 4.69) is 0 Å². The molecule has 0 aliphatic rings. The molecular formula is C20H24O3. The molecule has 122 valence electrons. The van der Waals surface area contributed by atoms with Gasteiger partial charge in [-0.15, -0.1) is 0 Å². The highest BCUT2D eigenvalue weighted by molar-refractivity contribution is 5.83. The Morgan fingerprint density at radius 1 is 1.00 bits per heavy atom. The van der Waals surface area contributed by atoms with Crippen molar-refractivity contribution < 1.29 is 14.6 Å². The number of ether oxygens (including phenoxy) is 1. The number of carboxylic acid groups (broad SMARTS) is 1. The Morgan fingerprint density at radius 3 is 2.09 bits per heavy atom. The number of rotatable bonds is 5. The predicted octanol–water partition coefficient (Wildman–Crippen LogP) is 4.31. The standard InChI is InChI=1S/C20H24O3/c1-19(2,3)20(18(21)22,16-11-6-5-7-12-16)14-15-10-8-9-13-17(15)23-4/h5-13H,14H2,1-4H3,(H,21,22). The van der Waals surface area contributed by atoms with Gasteiger partial charge in [0, 0.05) is 0 Å². The van der Waals surface area contributed by atoms with E-state index < -0.39 is 16.8 Å². The fraction of sp³-hybridized carbons (Fsp3) is 0.350. The Kier molecular flexibility index (Phi) is 4.79. The van der Waals surface area contributed by atoms with Crippen molar-refractivity contribution in [3.8, 4) is 5.75 Å².